The third-order valence-electron chi connectivity index (χ3n) is 1.78. The van der Waals surface area contributed by atoms with Crippen LogP contribution in [0.5, 0.6) is 0 Å². The standard InChI is InChI=1S/C8H17.CH3.2ClH.Sn/c1-3-5-7-8-6-4-2;;;;/h1,3-8H2,2H3;1H3;2*1H;. The smallest absolute Gasteiger partial charge is 0.147 e. The Morgan fingerprint density at radius 2 is 1.33 bits per heavy atom. The van der Waals surface area contributed by atoms with E-state index in [4.69, 9.17) is 0 Å². The topological polar surface area (TPSA) is 0 Å². The minimum atomic E-state index is 0. The first-order valence-electron chi connectivity index (χ1n) is 4.56. The minimum absolute atomic E-state index is 0. The van der Waals surface area contributed by atoms with Gasteiger partial charge in [-0.3, -0.25) is 0 Å². The predicted molar refractivity (Wildman–Crippen MR) is 64.3 cm³/mol. The van der Waals surface area contributed by atoms with Crippen LogP contribution >= 0.6 is 24.8 Å². The third kappa shape index (κ3) is 17.5. The zero-order valence-electron chi connectivity index (χ0n) is 8.27. The fraction of sp³-hybridized carbons (Fsp3) is 1.00. The number of hydrogen-bond acceptors (Lipinski definition) is 0. The van der Waals surface area contributed by atoms with E-state index in [1.807, 2.05) is 0 Å². The second kappa shape index (κ2) is 18.2. The Kier molecular flexibility index (Phi) is 28.9. The second-order valence-corrected chi connectivity index (χ2v) is 6.32. The van der Waals surface area contributed by atoms with Gasteiger partial charge in [-0.1, -0.05) is 0 Å². The van der Waals surface area contributed by atoms with Crippen molar-refractivity contribution in [3.63, 3.8) is 0 Å². The molecule has 0 amide bonds. The maximum atomic E-state index is 2.44. The summed E-state index contributed by atoms with van der Waals surface area (Å²) in [5, 5.41) is 0. The van der Waals surface area contributed by atoms with Gasteiger partial charge in [0, 0.05) is 0 Å². The van der Waals surface area contributed by atoms with Crippen molar-refractivity contribution < 1.29 is 0 Å². The summed E-state index contributed by atoms with van der Waals surface area (Å²) >= 11 is 0.152. The molecule has 0 bridgehead atoms. The van der Waals surface area contributed by atoms with Crippen LogP contribution < -0.4 is 0 Å². The molecule has 0 N–H and O–H groups in total. The van der Waals surface area contributed by atoms with E-state index in [0.29, 0.717) is 0 Å². The molecule has 0 aliphatic rings. The van der Waals surface area contributed by atoms with Crippen molar-refractivity contribution in [1.29, 1.82) is 0 Å². The van der Waals surface area contributed by atoms with Gasteiger partial charge >= 0.3 is 76.0 Å². The predicted octanol–water partition coefficient (Wildman–Crippen LogP) is 4.36. The molecule has 3 heteroatoms. The Morgan fingerprint density at radius 1 is 0.833 bits per heavy atom. The number of hydrogen-bond donors (Lipinski definition) is 0. The molecule has 2 radical (unpaired) electrons. The molecule has 76 valence electrons. The molecule has 0 aromatic rings. The maximum Gasteiger partial charge on any atom is -0.147 e. The molecule has 0 aliphatic carbocycles. The molecular weight excluding hydrogens is 298 g/mol. The summed E-state index contributed by atoms with van der Waals surface area (Å²) in [5.74, 6) is 0. The first-order chi connectivity index (χ1) is 4.91. The van der Waals surface area contributed by atoms with Crippen LogP contribution in [0, 0.1) is 0 Å². The third-order valence-corrected chi connectivity index (χ3v) is 4.22. The van der Waals surface area contributed by atoms with Gasteiger partial charge in [0.2, 0.25) is 0 Å². The summed E-state index contributed by atoms with van der Waals surface area (Å²) in [7, 11) is 0. The molecule has 0 aromatic heterocycles. The molecule has 0 rings (SSSR count). The Bertz CT molecular complexity index is 52.5. The van der Waals surface area contributed by atoms with Gasteiger partial charge in [0.05, 0.1) is 0 Å². The fourth-order valence-corrected chi connectivity index (χ4v) is 2.80. The normalized spacial score (nSPS) is 8.50. The van der Waals surface area contributed by atoms with Crippen LogP contribution in [0.3, 0.4) is 0 Å². The van der Waals surface area contributed by atoms with E-state index in [0.717, 1.165) is 0 Å². The van der Waals surface area contributed by atoms with E-state index in [2.05, 4.69) is 11.9 Å². The van der Waals surface area contributed by atoms with Crippen molar-refractivity contribution in [1.82, 2.24) is 0 Å². The van der Waals surface area contributed by atoms with E-state index in [1.54, 1.807) is 4.44 Å². The summed E-state index contributed by atoms with van der Waals surface area (Å²) in [5.41, 5.74) is 0. The molecule has 0 aliphatic heterocycles. The second-order valence-electron chi connectivity index (χ2n) is 2.87. The Morgan fingerprint density at radius 3 is 1.83 bits per heavy atom. The van der Waals surface area contributed by atoms with Crippen LogP contribution in [0.1, 0.15) is 45.4 Å². The van der Waals surface area contributed by atoms with Gasteiger partial charge in [0.15, 0.2) is 0 Å². The largest absolute Gasteiger partial charge is 0.147 e. The van der Waals surface area contributed by atoms with Crippen molar-refractivity contribution in [2.45, 2.75) is 54.8 Å². The molecule has 12 heavy (non-hydrogen) atoms. The van der Waals surface area contributed by atoms with Gasteiger partial charge in [-0.2, -0.15) is 0 Å². The molecule has 0 aromatic carbocycles. The SMILES string of the molecule is CCCCCCC[CH2][Sn][CH3].Cl.Cl. The number of unbranched alkanes of at least 4 members (excludes halogenated alkanes) is 5. The van der Waals surface area contributed by atoms with Crippen LogP contribution in [0.4, 0.5) is 0 Å². The average Bonchev–Trinajstić information content (AvgIpc) is 1.97. The van der Waals surface area contributed by atoms with Crippen LogP contribution in [-0.2, 0) is 0 Å². The first-order valence-corrected chi connectivity index (χ1v) is 9.43. The van der Waals surface area contributed by atoms with Gasteiger partial charge in [0.1, 0.15) is 0 Å². The van der Waals surface area contributed by atoms with E-state index in [1.165, 1.54) is 38.5 Å². The molecule has 0 spiro atoms. The zero-order chi connectivity index (χ0) is 7.66. The molecule has 0 saturated carbocycles. The summed E-state index contributed by atoms with van der Waals surface area (Å²) in [6.45, 7) is 2.28. The molecule has 0 unspecified atom stereocenters. The Labute approximate surface area is 100 Å². The minimum Gasteiger partial charge on any atom is -0.147 e. The van der Waals surface area contributed by atoms with Gasteiger partial charge in [-0.25, -0.2) is 0 Å². The van der Waals surface area contributed by atoms with E-state index < -0.39 is 0 Å². The van der Waals surface area contributed by atoms with Gasteiger partial charge in [-0.05, 0) is 0 Å². The molecule has 0 heterocycles. The van der Waals surface area contributed by atoms with Crippen LogP contribution in [0.2, 0.25) is 9.38 Å². The van der Waals surface area contributed by atoms with E-state index in [-0.39, 0.29) is 46.0 Å². The van der Waals surface area contributed by atoms with Crippen molar-refractivity contribution in [2.24, 2.45) is 0 Å². The van der Waals surface area contributed by atoms with Crippen molar-refractivity contribution in [2.75, 3.05) is 0 Å². The van der Waals surface area contributed by atoms with Crippen LogP contribution in [0.15, 0.2) is 0 Å². The monoisotopic (exact) mass is 320 g/mol. The van der Waals surface area contributed by atoms with Crippen molar-refractivity contribution >= 4 is 46.0 Å². The summed E-state index contributed by atoms with van der Waals surface area (Å²) in [4.78, 5) is 2.44. The zero-order valence-corrected chi connectivity index (χ0v) is 12.8. The number of halogens is 2. The van der Waals surface area contributed by atoms with E-state index >= 15 is 0 Å². The molecule has 0 nitrogen and oxygen atoms in total. The van der Waals surface area contributed by atoms with Gasteiger partial charge in [0.25, 0.3) is 0 Å². The molecule has 0 saturated heterocycles. The Hall–Kier alpha value is 1.38. The van der Waals surface area contributed by atoms with Crippen LogP contribution in [-0.4, -0.2) is 21.1 Å². The molecule has 0 atom stereocenters. The van der Waals surface area contributed by atoms with E-state index in [9.17, 15) is 0 Å². The van der Waals surface area contributed by atoms with Crippen molar-refractivity contribution in [3.8, 4) is 0 Å². The quantitative estimate of drug-likeness (QED) is 0.483. The number of rotatable bonds is 7. The summed E-state index contributed by atoms with van der Waals surface area (Å²) in [6.07, 6.45) is 8.84. The first kappa shape index (κ1) is 19.0. The van der Waals surface area contributed by atoms with Gasteiger partial charge < -0.3 is 0 Å². The summed E-state index contributed by atoms with van der Waals surface area (Å²) < 4.78 is 1.61. The maximum absolute atomic E-state index is 2.44. The molecular formula is C9H22Cl2Sn. The van der Waals surface area contributed by atoms with Gasteiger partial charge in [-0.15, -0.1) is 24.8 Å². The van der Waals surface area contributed by atoms with Crippen molar-refractivity contribution in [3.05, 3.63) is 0 Å². The molecule has 0 fully saturated rings. The Balaban J connectivity index is -0.000000405. The van der Waals surface area contributed by atoms with Crippen LogP contribution in [0.25, 0.3) is 0 Å². The average molecular weight is 320 g/mol. The fourth-order valence-electron chi connectivity index (χ4n) is 1.08. The summed E-state index contributed by atoms with van der Waals surface area (Å²) in [6, 6.07) is 0.